The Morgan fingerprint density at radius 3 is 2.67 bits per heavy atom. The number of pyridine rings is 1. The third-order valence-electron chi connectivity index (χ3n) is 4.66. The molecule has 1 aliphatic rings. The van der Waals surface area contributed by atoms with Crippen molar-refractivity contribution in [3.8, 4) is 0 Å². The second kappa shape index (κ2) is 8.84. The normalized spacial score (nSPS) is 20.0. The summed E-state index contributed by atoms with van der Waals surface area (Å²) in [6.45, 7) is 4.79. The van der Waals surface area contributed by atoms with Gasteiger partial charge in [-0.3, -0.25) is 4.79 Å². The van der Waals surface area contributed by atoms with Gasteiger partial charge in [0.15, 0.2) is 0 Å². The number of aryl methyl sites for hydroxylation is 1. The topological polar surface area (TPSA) is 84.9 Å². The van der Waals surface area contributed by atoms with Crippen molar-refractivity contribution < 1.29 is 8.78 Å². The van der Waals surface area contributed by atoms with Gasteiger partial charge in [-0.15, -0.1) is 0 Å². The van der Waals surface area contributed by atoms with E-state index in [0.29, 0.717) is 18.5 Å². The van der Waals surface area contributed by atoms with Gasteiger partial charge in [0, 0.05) is 29.1 Å². The fourth-order valence-electron chi connectivity index (χ4n) is 3.44. The number of allylic oxidation sites excluding steroid dienone is 6. The maximum atomic E-state index is 14.2. The first-order valence-corrected chi connectivity index (χ1v) is 9.13. The van der Waals surface area contributed by atoms with Crippen molar-refractivity contribution in [2.75, 3.05) is 0 Å². The zero-order chi connectivity index (χ0) is 20.1. The molecule has 1 aliphatic carbocycles. The molecule has 4 nitrogen and oxygen atoms in total. The highest BCUT2D eigenvalue weighted by Crippen LogP contribution is 2.35. The molecule has 1 aromatic heterocycles. The Hall–Kier alpha value is -2.63. The zero-order valence-corrected chi connectivity index (χ0v) is 16.0. The molecule has 0 radical (unpaired) electrons. The van der Waals surface area contributed by atoms with Gasteiger partial charge in [0.1, 0.15) is 11.7 Å². The number of nitrogens with one attached hydrogen (secondary N) is 1. The number of hydrogen-bond donors (Lipinski definition) is 3. The van der Waals surface area contributed by atoms with E-state index >= 15 is 0 Å². The van der Waals surface area contributed by atoms with Gasteiger partial charge in [0.2, 0.25) is 5.56 Å². The van der Waals surface area contributed by atoms with Crippen LogP contribution in [0.4, 0.5) is 8.78 Å². The average Bonchev–Trinajstić information content (AvgIpc) is 2.55. The van der Waals surface area contributed by atoms with Gasteiger partial charge in [-0.05, 0) is 68.9 Å². The van der Waals surface area contributed by atoms with E-state index in [1.165, 1.54) is 19.1 Å². The van der Waals surface area contributed by atoms with Crippen LogP contribution >= 0.6 is 0 Å². The maximum absolute atomic E-state index is 14.2. The molecule has 1 aromatic rings. The van der Waals surface area contributed by atoms with Gasteiger partial charge in [-0.2, -0.15) is 0 Å². The number of halogens is 2. The second-order valence-electron chi connectivity index (χ2n) is 6.87. The summed E-state index contributed by atoms with van der Waals surface area (Å²) in [5.41, 5.74) is 14.9. The number of nitrogens with two attached hydrogens (primary N) is 2. The van der Waals surface area contributed by atoms with Crippen LogP contribution in [0.1, 0.15) is 56.7 Å². The van der Waals surface area contributed by atoms with Crippen LogP contribution in [-0.4, -0.2) is 4.98 Å². The van der Waals surface area contributed by atoms with Crippen LogP contribution in [0.15, 0.2) is 63.3 Å². The first kappa shape index (κ1) is 20.7. The van der Waals surface area contributed by atoms with E-state index in [1.807, 2.05) is 13.0 Å². The molecule has 27 heavy (non-hydrogen) atoms. The van der Waals surface area contributed by atoms with Gasteiger partial charge in [-0.25, -0.2) is 8.78 Å². The molecule has 6 heteroatoms. The maximum Gasteiger partial charge on any atom is 0.248 e. The van der Waals surface area contributed by atoms with Crippen molar-refractivity contribution in [3.63, 3.8) is 0 Å². The molecule has 0 bridgehead atoms. The highest BCUT2D eigenvalue weighted by atomic mass is 19.1. The number of hydrogen-bond acceptors (Lipinski definition) is 3. The Balaban J connectivity index is 2.47. The Morgan fingerprint density at radius 2 is 2.07 bits per heavy atom. The fraction of sp³-hybridized carbons (Fsp3) is 0.381. The van der Waals surface area contributed by atoms with Crippen molar-refractivity contribution in [2.45, 2.75) is 52.4 Å². The number of H-pyrrole nitrogens is 1. The van der Waals surface area contributed by atoms with E-state index < -0.39 is 11.7 Å². The summed E-state index contributed by atoms with van der Waals surface area (Å²) >= 11 is 0. The lowest BCUT2D eigenvalue weighted by Crippen LogP contribution is -2.21. The third kappa shape index (κ3) is 4.96. The van der Waals surface area contributed by atoms with Crippen LogP contribution in [0.3, 0.4) is 0 Å². The minimum absolute atomic E-state index is 0.00790. The highest BCUT2D eigenvalue weighted by molar-refractivity contribution is 5.48. The van der Waals surface area contributed by atoms with Crippen LogP contribution < -0.4 is 17.0 Å². The average molecular weight is 375 g/mol. The monoisotopic (exact) mass is 375 g/mol. The molecule has 146 valence electrons. The van der Waals surface area contributed by atoms with Gasteiger partial charge in [-0.1, -0.05) is 6.92 Å². The summed E-state index contributed by atoms with van der Waals surface area (Å²) in [5, 5.41) is 0. The molecule has 1 atom stereocenters. The molecule has 2 rings (SSSR count). The fourth-order valence-corrected chi connectivity index (χ4v) is 3.44. The third-order valence-corrected chi connectivity index (χ3v) is 4.66. The minimum Gasteiger partial charge on any atom is -0.401 e. The Labute approximate surface area is 158 Å². The van der Waals surface area contributed by atoms with E-state index in [9.17, 15) is 13.6 Å². The zero-order valence-electron chi connectivity index (χ0n) is 16.0. The predicted octanol–water partition coefficient (Wildman–Crippen LogP) is 4.51. The predicted molar refractivity (Wildman–Crippen MR) is 105 cm³/mol. The van der Waals surface area contributed by atoms with Gasteiger partial charge in [0.25, 0.3) is 0 Å². The summed E-state index contributed by atoms with van der Waals surface area (Å²) in [5.74, 6) is -1.51. The van der Waals surface area contributed by atoms with Crippen molar-refractivity contribution in [1.29, 1.82) is 0 Å². The lowest BCUT2D eigenvalue weighted by atomic mass is 9.84. The molecular weight excluding hydrogens is 348 g/mol. The molecule has 1 unspecified atom stereocenters. The van der Waals surface area contributed by atoms with Crippen LogP contribution in [0.5, 0.6) is 0 Å². The van der Waals surface area contributed by atoms with Crippen LogP contribution in [0.25, 0.3) is 0 Å². The lowest BCUT2D eigenvalue weighted by Gasteiger charge is -2.25. The van der Waals surface area contributed by atoms with Crippen LogP contribution in [0, 0.1) is 6.92 Å². The molecule has 0 fully saturated rings. The standard InChI is InChI=1S/C21H27F2N3O/c1-4-6-16(23)20(13(3)22)17(24)11-14-7-5-8-15(21(14)25)18-9-12(2)10-19(27)26-18/h6,9-11,15H,4-5,7-8,24-25H2,1-3H3,(H,26,27)/b16-6+,17-11-,20-13-. The molecule has 0 amide bonds. The first-order chi connectivity index (χ1) is 12.7. The van der Waals surface area contributed by atoms with Crippen molar-refractivity contribution in [1.82, 2.24) is 4.98 Å². The van der Waals surface area contributed by atoms with Crippen LogP contribution in [-0.2, 0) is 0 Å². The van der Waals surface area contributed by atoms with E-state index in [1.54, 1.807) is 13.0 Å². The number of aromatic amines is 1. The number of rotatable bonds is 5. The molecule has 0 spiro atoms. The molecular formula is C21H27F2N3O. The second-order valence-corrected chi connectivity index (χ2v) is 6.87. The van der Waals surface area contributed by atoms with Crippen LogP contribution in [0.2, 0.25) is 0 Å². The molecule has 0 aliphatic heterocycles. The quantitative estimate of drug-likeness (QED) is 0.662. The highest BCUT2D eigenvalue weighted by Gasteiger charge is 2.23. The molecule has 1 heterocycles. The van der Waals surface area contributed by atoms with Crippen molar-refractivity contribution >= 4 is 0 Å². The van der Waals surface area contributed by atoms with Gasteiger partial charge >= 0.3 is 0 Å². The first-order valence-electron chi connectivity index (χ1n) is 9.13. The lowest BCUT2D eigenvalue weighted by molar-refractivity contribution is 0.587. The summed E-state index contributed by atoms with van der Waals surface area (Å²) in [6.07, 6.45) is 5.56. The van der Waals surface area contributed by atoms with E-state index in [0.717, 1.165) is 29.7 Å². The van der Waals surface area contributed by atoms with Crippen molar-refractivity contribution in [2.24, 2.45) is 11.5 Å². The largest absolute Gasteiger partial charge is 0.401 e. The Kier molecular flexibility index (Phi) is 6.77. The SMILES string of the molecule is CC\C=C(F)/C(C(/N)=C/C1=C(N)C(c2cc(C)cc(=O)[nH]2)CCC1)=C(\C)F. The molecule has 0 saturated heterocycles. The molecule has 0 saturated carbocycles. The summed E-state index contributed by atoms with van der Waals surface area (Å²) < 4.78 is 28.1. The van der Waals surface area contributed by atoms with E-state index in [2.05, 4.69) is 4.98 Å². The van der Waals surface area contributed by atoms with E-state index in [4.69, 9.17) is 11.5 Å². The molecule has 5 N–H and O–H groups in total. The summed E-state index contributed by atoms with van der Waals surface area (Å²) in [6, 6.07) is 3.42. The molecule has 0 aromatic carbocycles. The van der Waals surface area contributed by atoms with E-state index in [-0.39, 0.29) is 22.7 Å². The van der Waals surface area contributed by atoms with Crippen molar-refractivity contribution in [3.05, 3.63) is 80.1 Å². The summed E-state index contributed by atoms with van der Waals surface area (Å²) in [4.78, 5) is 14.6. The number of aromatic nitrogens is 1. The summed E-state index contributed by atoms with van der Waals surface area (Å²) in [7, 11) is 0. The Bertz CT molecular complexity index is 887. The smallest absolute Gasteiger partial charge is 0.248 e. The van der Waals surface area contributed by atoms with Gasteiger partial charge < -0.3 is 16.5 Å². The Morgan fingerprint density at radius 1 is 1.37 bits per heavy atom. The van der Waals surface area contributed by atoms with Gasteiger partial charge in [0.05, 0.1) is 5.57 Å². The minimum atomic E-state index is -0.680.